The number of hydrogen-bond donors (Lipinski definition) is 1. The number of fused-ring (bicyclic) bond motifs is 1. The van der Waals surface area contributed by atoms with Gasteiger partial charge in [-0.25, -0.2) is 0 Å². The van der Waals surface area contributed by atoms with Crippen LogP contribution in [0.2, 0.25) is 0 Å². The molecule has 0 saturated carbocycles. The van der Waals surface area contributed by atoms with Crippen LogP contribution >= 0.6 is 0 Å². The molecule has 0 radical (unpaired) electrons. The van der Waals surface area contributed by atoms with Gasteiger partial charge in [0.1, 0.15) is 0 Å². The molecule has 0 amide bonds. The first-order chi connectivity index (χ1) is 6.77. The SMILES string of the molecule is C#Cc1ccnc2c(C)c(CC)[nH]c12. The van der Waals surface area contributed by atoms with Crippen molar-refractivity contribution in [3.05, 3.63) is 29.1 Å². The molecule has 0 fully saturated rings. The molecular weight excluding hydrogens is 172 g/mol. The second-order valence-electron chi connectivity index (χ2n) is 3.31. The van der Waals surface area contributed by atoms with E-state index in [1.165, 1.54) is 11.3 Å². The van der Waals surface area contributed by atoms with Gasteiger partial charge in [-0.1, -0.05) is 12.8 Å². The van der Waals surface area contributed by atoms with E-state index >= 15 is 0 Å². The van der Waals surface area contributed by atoms with Crippen LogP contribution in [-0.4, -0.2) is 9.97 Å². The fourth-order valence-corrected chi connectivity index (χ4v) is 1.73. The van der Waals surface area contributed by atoms with E-state index in [1.54, 1.807) is 6.20 Å². The van der Waals surface area contributed by atoms with E-state index in [9.17, 15) is 0 Å². The monoisotopic (exact) mass is 184 g/mol. The number of H-pyrrole nitrogens is 1. The lowest BCUT2D eigenvalue weighted by Gasteiger charge is -1.92. The zero-order chi connectivity index (χ0) is 10.1. The van der Waals surface area contributed by atoms with Crippen LogP contribution in [0.1, 0.15) is 23.7 Å². The highest BCUT2D eigenvalue weighted by atomic mass is 14.8. The van der Waals surface area contributed by atoms with E-state index in [0.29, 0.717) is 0 Å². The molecule has 2 heterocycles. The molecule has 0 aliphatic carbocycles. The topological polar surface area (TPSA) is 28.7 Å². The molecular formula is C12H12N2. The Labute approximate surface area is 83.4 Å². The third-order valence-electron chi connectivity index (χ3n) is 2.54. The van der Waals surface area contributed by atoms with Gasteiger partial charge in [-0.2, -0.15) is 0 Å². The van der Waals surface area contributed by atoms with E-state index in [4.69, 9.17) is 6.42 Å². The minimum Gasteiger partial charge on any atom is -0.356 e. The first-order valence-electron chi connectivity index (χ1n) is 4.70. The predicted octanol–water partition coefficient (Wildman–Crippen LogP) is 2.42. The van der Waals surface area contributed by atoms with E-state index in [-0.39, 0.29) is 0 Å². The van der Waals surface area contributed by atoms with Crippen LogP contribution < -0.4 is 0 Å². The van der Waals surface area contributed by atoms with Crippen LogP contribution in [0.5, 0.6) is 0 Å². The van der Waals surface area contributed by atoms with Crippen molar-refractivity contribution in [2.75, 3.05) is 0 Å². The summed E-state index contributed by atoms with van der Waals surface area (Å²) in [4.78, 5) is 7.66. The first-order valence-corrected chi connectivity index (χ1v) is 4.70. The molecule has 0 aliphatic rings. The number of rotatable bonds is 1. The van der Waals surface area contributed by atoms with Gasteiger partial charge in [-0.05, 0) is 25.0 Å². The van der Waals surface area contributed by atoms with Gasteiger partial charge in [0.2, 0.25) is 0 Å². The molecule has 0 bridgehead atoms. The number of nitrogens with one attached hydrogen (secondary N) is 1. The van der Waals surface area contributed by atoms with Crippen molar-refractivity contribution < 1.29 is 0 Å². The number of terminal acetylenes is 1. The maximum Gasteiger partial charge on any atom is 0.0923 e. The molecule has 2 aromatic rings. The maximum atomic E-state index is 5.42. The van der Waals surface area contributed by atoms with Gasteiger partial charge < -0.3 is 4.98 Å². The lowest BCUT2D eigenvalue weighted by molar-refractivity contribution is 1.05. The van der Waals surface area contributed by atoms with Crippen LogP contribution in [0, 0.1) is 19.3 Å². The predicted molar refractivity (Wildman–Crippen MR) is 58.1 cm³/mol. The van der Waals surface area contributed by atoms with Crippen LogP contribution in [-0.2, 0) is 6.42 Å². The molecule has 0 aliphatic heterocycles. The van der Waals surface area contributed by atoms with Crippen molar-refractivity contribution in [2.24, 2.45) is 0 Å². The molecule has 0 spiro atoms. The van der Waals surface area contributed by atoms with Crippen LogP contribution in [0.3, 0.4) is 0 Å². The fourth-order valence-electron chi connectivity index (χ4n) is 1.73. The van der Waals surface area contributed by atoms with Crippen LogP contribution in [0.25, 0.3) is 11.0 Å². The van der Waals surface area contributed by atoms with Crippen molar-refractivity contribution in [1.82, 2.24) is 9.97 Å². The molecule has 0 unspecified atom stereocenters. The summed E-state index contributed by atoms with van der Waals surface area (Å²) in [6, 6.07) is 1.86. The maximum absolute atomic E-state index is 5.42. The minimum atomic E-state index is 0.887. The Hall–Kier alpha value is -1.75. The molecule has 0 atom stereocenters. The van der Waals surface area contributed by atoms with E-state index in [2.05, 4.69) is 29.7 Å². The highest BCUT2D eigenvalue weighted by molar-refractivity contribution is 5.85. The summed E-state index contributed by atoms with van der Waals surface area (Å²) in [7, 11) is 0. The normalized spacial score (nSPS) is 10.4. The summed E-state index contributed by atoms with van der Waals surface area (Å²) < 4.78 is 0. The number of nitrogens with zero attached hydrogens (tertiary/aromatic N) is 1. The van der Waals surface area contributed by atoms with Gasteiger partial charge in [0, 0.05) is 11.9 Å². The highest BCUT2D eigenvalue weighted by Gasteiger charge is 2.08. The second-order valence-corrected chi connectivity index (χ2v) is 3.31. The summed E-state index contributed by atoms with van der Waals surface area (Å²) >= 11 is 0. The van der Waals surface area contributed by atoms with Crippen molar-refractivity contribution in [3.63, 3.8) is 0 Å². The van der Waals surface area contributed by atoms with Gasteiger partial charge in [0.25, 0.3) is 0 Å². The summed E-state index contributed by atoms with van der Waals surface area (Å²) in [6.45, 7) is 4.19. The van der Waals surface area contributed by atoms with Crippen molar-refractivity contribution in [3.8, 4) is 12.3 Å². The van der Waals surface area contributed by atoms with Gasteiger partial charge in [-0.3, -0.25) is 4.98 Å². The number of aryl methyl sites for hydroxylation is 2. The second kappa shape index (κ2) is 3.19. The molecule has 0 saturated heterocycles. The van der Waals surface area contributed by atoms with E-state index < -0.39 is 0 Å². The number of pyridine rings is 1. The Bertz CT molecular complexity index is 515. The summed E-state index contributed by atoms with van der Waals surface area (Å²) in [5.41, 5.74) is 5.30. The summed E-state index contributed by atoms with van der Waals surface area (Å²) in [6.07, 6.45) is 8.16. The Morgan fingerprint density at radius 3 is 3.00 bits per heavy atom. The number of aromatic nitrogens is 2. The van der Waals surface area contributed by atoms with Crippen LogP contribution in [0.15, 0.2) is 12.3 Å². The largest absolute Gasteiger partial charge is 0.356 e. The smallest absolute Gasteiger partial charge is 0.0923 e. The van der Waals surface area contributed by atoms with Crippen molar-refractivity contribution in [2.45, 2.75) is 20.3 Å². The lowest BCUT2D eigenvalue weighted by Crippen LogP contribution is -1.81. The first kappa shape index (κ1) is 8.83. The Balaban J connectivity index is 2.85. The quantitative estimate of drug-likeness (QED) is 0.677. The zero-order valence-electron chi connectivity index (χ0n) is 8.39. The lowest BCUT2D eigenvalue weighted by atomic mass is 10.2. The van der Waals surface area contributed by atoms with Gasteiger partial charge >= 0.3 is 0 Å². The fraction of sp³-hybridized carbons (Fsp3) is 0.250. The molecule has 2 aromatic heterocycles. The Morgan fingerprint density at radius 1 is 1.57 bits per heavy atom. The molecule has 1 N–H and O–H groups in total. The molecule has 2 nitrogen and oxygen atoms in total. The Kier molecular flexibility index (Phi) is 2.01. The third kappa shape index (κ3) is 1.10. The molecule has 2 heteroatoms. The Morgan fingerprint density at radius 2 is 2.36 bits per heavy atom. The van der Waals surface area contributed by atoms with Gasteiger partial charge in [-0.15, -0.1) is 6.42 Å². The van der Waals surface area contributed by atoms with Gasteiger partial charge in [0.15, 0.2) is 0 Å². The number of aromatic amines is 1. The highest BCUT2D eigenvalue weighted by Crippen LogP contribution is 2.22. The third-order valence-corrected chi connectivity index (χ3v) is 2.54. The van der Waals surface area contributed by atoms with Crippen molar-refractivity contribution in [1.29, 1.82) is 0 Å². The van der Waals surface area contributed by atoms with Crippen LogP contribution in [0.4, 0.5) is 0 Å². The molecule has 14 heavy (non-hydrogen) atoms. The average molecular weight is 184 g/mol. The molecule has 0 aromatic carbocycles. The van der Waals surface area contributed by atoms with Gasteiger partial charge in [0.05, 0.1) is 16.6 Å². The minimum absolute atomic E-state index is 0.887. The van der Waals surface area contributed by atoms with Crippen molar-refractivity contribution >= 4 is 11.0 Å². The average Bonchev–Trinajstić information content (AvgIpc) is 2.55. The number of hydrogen-bond acceptors (Lipinski definition) is 1. The van der Waals surface area contributed by atoms with E-state index in [1.807, 2.05) is 6.07 Å². The zero-order valence-corrected chi connectivity index (χ0v) is 8.39. The summed E-state index contributed by atoms with van der Waals surface area (Å²) in [5.74, 6) is 2.66. The molecule has 70 valence electrons. The summed E-state index contributed by atoms with van der Waals surface area (Å²) in [5, 5.41) is 0. The molecule has 2 rings (SSSR count). The standard InChI is InChI=1S/C12H12N2/c1-4-9-6-7-13-11-8(3)10(5-2)14-12(9)11/h1,6-7,14H,5H2,2-3H3. The van der Waals surface area contributed by atoms with E-state index in [0.717, 1.165) is 23.0 Å².